The monoisotopic (exact) mass is 213 g/mol. The van der Waals surface area contributed by atoms with Crippen molar-refractivity contribution in [1.82, 2.24) is 9.97 Å². The number of rotatable bonds is 5. The SMILES string of the molecule is CCC(N)C(CO)Sc1cnccn1. The standard InChI is InChI=1S/C9H15N3OS/c1-2-7(10)8(6-13)14-9-5-11-3-4-12-9/h3-5,7-8,13H,2,6,10H2,1H3. The van der Waals surface area contributed by atoms with Gasteiger partial charge in [-0.15, -0.1) is 0 Å². The lowest BCUT2D eigenvalue weighted by Crippen LogP contribution is -2.34. The van der Waals surface area contributed by atoms with Gasteiger partial charge in [-0.05, 0) is 6.42 Å². The lowest BCUT2D eigenvalue weighted by molar-refractivity contribution is 0.281. The number of thioether (sulfide) groups is 1. The Balaban J connectivity index is 2.57. The highest BCUT2D eigenvalue weighted by Gasteiger charge is 2.17. The smallest absolute Gasteiger partial charge is 0.115 e. The molecular formula is C9H15N3OS. The Morgan fingerprint density at radius 2 is 2.36 bits per heavy atom. The first-order chi connectivity index (χ1) is 6.77. The second kappa shape index (κ2) is 5.95. The summed E-state index contributed by atoms with van der Waals surface area (Å²) in [5.74, 6) is 0. The summed E-state index contributed by atoms with van der Waals surface area (Å²) >= 11 is 1.47. The van der Waals surface area contributed by atoms with E-state index in [4.69, 9.17) is 10.8 Å². The maximum Gasteiger partial charge on any atom is 0.115 e. The zero-order valence-corrected chi connectivity index (χ0v) is 8.94. The minimum Gasteiger partial charge on any atom is -0.395 e. The Morgan fingerprint density at radius 1 is 1.57 bits per heavy atom. The molecule has 0 saturated heterocycles. The average Bonchev–Trinajstić information content (AvgIpc) is 2.26. The van der Waals surface area contributed by atoms with Crippen LogP contribution >= 0.6 is 11.8 Å². The number of nitrogens with two attached hydrogens (primary N) is 1. The van der Waals surface area contributed by atoms with Gasteiger partial charge in [0.2, 0.25) is 0 Å². The fourth-order valence-electron chi connectivity index (χ4n) is 1.02. The van der Waals surface area contributed by atoms with Crippen molar-refractivity contribution in [3.05, 3.63) is 18.6 Å². The molecule has 0 fully saturated rings. The van der Waals surface area contributed by atoms with Crippen molar-refractivity contribution in [1.29, 1.82) is 0 Å². The highest BCUT2D eigenvalue weighted by atomic mass is 32.2. The van der Waals surface area contributed by atoms with Crippen LogP contribution in [0.2, 0.25) is 0 Å². The van der Waals surface area contributed by atoms with Crippen molar-refractivity contribution in [2.24, 2.45) is 5.73 Å². The molecule has 0 amide bonds. The molecule has 1 heterocycles. The first-order valence-corrected chi connectivity index (χ1v) is 5.45. The molecule has 0 aliphatic rings. The van der Waals surface area contributed by atoms with Crippen molar-refractivity contribution >= 4 is 11.8 Å². The molecule has 2 atom stereocenters. The second-order valence-electron chi connectivity index (χ2n) is 2.95. The molecule has 0 radical (unpaired) electrons. The van der Waals surface area contributed by atoms with Crippen LogP contribution in [0.3, 0.4) is 0 Å². The maximum absolute atomic E-state index is 9.14. The topological polar surface area (TPSA) is 72.0 Å². The molecule has 4 nitrogen and oxygen atoms in total. The average molecular weight is 213 g/mol. The van der Waals surface area contributed by atoms with E-state index in [2.05, 4.69) is 9.97 Å². The van der Waals surface area contributed by atoms with Gasteiger partial charge >= 0.3 is 0 Å². The summed E-state index contributed by atoms with van der Waals surface area (Å²) in [7, 11) is 0. The summed E-state index contributed by atoms with van der Waals surface area (Å²) in [5.41, 5.74) is 5.85. The maximum atomic E-state index is 9.14. The Kier molecular flexibility index (Phi) is 4.86. The third-order valence-electron chi connectivity index (χ3n) is 1.94. The number of nitrogens with zero attached hydrogens (tertiary/aromatic N) is 2. The molecular weight excluding hydrogens is 198 g/mol. The lowest BCUT2D eigenvalue weighted by Gasteiger charge is -2.18. The number of aromatic nitrogens is 2. The van der Waals surface area contributed by atoms with E-state index in [9.17, 15) is 0 Å². The van der Waals surface area contributed by atoms with Crippen LogP contribution < -0.4 is 5.73 Å². The fourth-order valence-corrected chi connectivity index (χ4v) is 2.02. The molecule has 1 aromatic rings. The van der Waals surface area contributed by atoms with Crippen molar-refractivity contribution in [2.45, 2.75) is 29.7 Å². The number of hydrogen-bond donors (Lipinski definition) is 2. The van der Waals surface area contributed by atoms with Gasteiger partial charge in [-0.3, -0.25) is 4.98 Å². The molecule has 5 heteroatoms. The van der Waals surface area contributed by atoms with E-state index < -0.39 is 0 Å². The second-order valence-corrected chi connectivity index (χ2v) is 4.21. The van der Waals surface area contributed by atoms with Crippen LogP contribution in [0.15, 0.2) is 23.6 Å². The van der Waals surface area contributed by atoms with Gasteiger partial charge in [0, 0.05) is 23.7 Å². The summed E-state index contributed by atoms with van der Waals surface area (Å²) in [6.45, 7) is 2.07. The fraction of sp³-hybridized carbons (Fsp3) is 0.556. The van der Waals surface area contributed by atoms with Gasteiger partial charge in [-0.2, -0.15) is 0 Å². The molecule has 2 unspecified atom stereocenters. The van der Waals surface area contributed by atoms with E-state index in [1.807, 2.05) is 6.92 Å². The van der Waals surface area contributed by atoms with E-state index >= 15 is 0 Å². The van der Waals surface area contributed by atoms with Crippen molar-refractivity contribution in [3.8, 4) is 0 Å². The molecule has 78 valence electrons. The summed E-state index contributed by atoms with van der Waals surface area (Å²) in [6, 6.07) is -0.00740. The Labute approximate surface area is 88.0 Å². The third-order valence-corrected chi connectivity index (χ3v) is 3.19. The molecule has 0 bridgehead atoms. The predicted octanol–water partition coefficient (Wildman–Crippen LogP) is 0.667. The summed E-state index contributed by atoms with van der Waals surface area (Å²) in [6.07, 6.45) is 5.78. The minimum atomic E-state index is -0.00740. The molecule has 14 heavy (non-hydrogen) atoms. The van der Waals surface area contributed by atoms with Gasteiger partial charge in [0.25, 0.3) is 0 Å². The molecule has 0 aliphatic carbocycles. The van der Waals surface area contributed by atoms with Crippen LogP contribution in [-0.2, 0) is 0 Å². The van der Waals surface area contributed by atoms with Gasteiger partial charge in [0.1, 0.15) is 5.03 Å². The van der Waals surface area contributed by atoms with Gasteiger partial charge in [-0.25, -0.2) is 4.98 Å². The van der Waals surface area contributed by atoms with Gasteiger partial charge in [0.05, 0.1) is 12.8 Å². The van der Waals surface area contributed by atoms with Crippen LogP contribution in [-0.4, -0.2) is 33.0 Å². The Morgan fingerprint density at radius 3 is 2.86 bits per heavy atom. The predicted molar refractivity (Wildman–Crippen MR) is 57.0 cm³/mol. The number of aliphatic hydroxyl groups excluding tert-OH is 1. The van der Waals surface area contributed by atoms with E-state index in [0.29, 0.717) is 0 Å². The zero-order chi connectivity index (χ0) is 10.4. The van der Waals surface area contributed by atoms with Gasteiger partial charge in [0.15, 0.2) is 0 Å². The van der Waals surface area contributed by atoms with Crippen LogP contribution in [0.5, 0.6) is 0 Å². The largest absolute Gasteiger partial charge is 0.395 e. The summed E-state index contributed by atoms with van der Waals surface area (Å²) < 4.78 is 0. The molecule has 0 aromatic carbocycles. The van der Waals surface area contributed by atoms with Gasteiger partial charge < -0.3 is 10.8 Å². The number of hydrogen-bond acceptors (Lipinski definition) is 5. The summed E-state index contributed by atoms with van der Waals surface area (Å²) in [4.78, 5) is 8.07. The third kappa shape index (κ3) is 3.25. The lowest BCUT2D eigenvalue weighted by atomic mass is 10.2. The molecule has 0 saturated carbocycles. The normalized spacial score (nSPS) is 15.1. The van der Waals surface area contributed by atoms with Gasteiger partial charge in [-0.1, -0.05) is 18.7 Å². The van der Waals surface area contributed by atoms with Crippen molar-refractivity contribution in [2.75, 3.05) is 6.61 Å². The first kappa shape index (κ1) is 11.4. The Bertz CT molecular complexity index is 257. The molecule has 1 rings (SSSR count). The summed E-state index contributed by atoms with van der Waals surface area (Å²) in [5, 5.41) is 9.94. The molecule has 0 spiro atoms. The van der Waals surface area contributed by atoms with E-state index in [1.165, 1.54) is 11.8 Å². The molecule has 1 aromatic heterocycles. The quantitative estimate of drug-likeness (QED) is 0.703. The van der Waals surface area contributed by atoms with Crippen molar-refractivity contribution < 1.29 is 5.11 Å². The van der Waals surface area contributed by atoms with E-state index in [1.54, 1.807) is 18.6 Å². The molecule has 3 N–H and O–H groups in total. The number of aliphatic hydroxyl groups is 1. The van der Waals surface area contributed by atoms with E-state index in [-0.39, 0.29) is 17.9 Å². The highest BCUT2D eigenvalue weighted by Crippen LogP contribution is 2.22. The first-order valence-electron chi connectivity index (χ1n) is 4.57. The van der Waals surface area contributed by atoms with Crippen LogP contribution in [0.1, 0.15) is 13.3 Å². The zero-order valence-electron chi connectivity index (χ0n) is 8.13. The van der Waals surface area contributed by atoms with Crippen molar-refractivity contribution in [3.63, 3.8) is 0 Å². The Hall–Kier alpha value is -0.650. The minimum absolute atomic E-state index is 0.00306. The van der Waals surface area contributed by atoms with Crippen LogP contribution in [0.4, 0.5) is 0 Å². The molecule has 0 aliphatic heterocycles. The highest BCUT2D eigenvalue weighted by molar-refractivity contribution is 7.99. The van der Waals surface area contributed by atoms with E-state index in [0.717, 1.165) is 11.4 Å². The van der Waals surface area contributed by atoms with Crippen LogP contribution in [0, 0.1) is 0 Å². The van der Waals surface area contributed by atoms with Crippen LogP contribution in [0.25, 0.3) is 0 Å².